The largest absolute Gasteiger partial charge is 0.319 e. The third-order valence-electron chi connectivity index (χ3n) is 3.63. The lowest BCUT2D eigenvalue weighted by atomic mass is 10.1. The second-order valence-corrected chi connectivity index (χ2v) is 6.07. The Hall–Kier alpha value is -1.19. The van der Waals surface area contributed by atoms with Crippen LogP contribution >= 0.6 is 11.3 Å². The topological polar surface area (TPSA) is 12.0 Å². The predicted molar refractivity (Wildman–Crippen MR) is 74.6 cm³/mol. The van der Waals surface area contributed by atoms with E-state index in [1.165, 1.54) is 34.7 Å². The molecule has 0 bridgehead atoms. The maximum atomic E-state index is 12.9. The summed E-state index contributed by atoms with van der Waals surface area (Å²) in [6.07, 6.45) is 2.55. The molecule has 1 N–H and O–H groups in total. The van der Waals surface area contributed by atoms with Gasteiger partial charge in [0.15, 0.2) is 0 Å². The maximum absolute atomic E-state index is 12.9. The van der Waals surface area contributed by atoms with Crippen LogP contribution in [0.5, 0.6) is 0 Å². The molecule has 3 heteroatoms. The van der Waals surface area contributed by atoms with E-state index in [0.717, 1.165) is 12.1 Å². The van der Waals surface area contributed by atoms with E-state index in [0.29, 0.717) is 5.41 Å². The Bertz CT molecular complexity index is 540. The summed E-state index contributed by atoms with van der Waals surface area (Å²) < 4.78 is 12.9. The molecule has 94 valence electrons. The minimum atomic E-state index is -0.177. The van der Waals surface area contributed by atoms with Gasteiger partial charge in [-0.05, 0) is 49.7 Å². The molecule has 1 aromatic heterocycles. The van der Waals surface area contributed by atoms with E-state index in [1.807, 2.05) is 30.5 Å². The number of hydrogen-bond acceptors (Lipinski definition) is 2. The van der Waals surface area contributed by atoms with Crippen molar-refractivity contribution < 1.29 is 4.39 Å². The van der Waals surface area contributed by atoms with Crippen LogP contribution in [0.1, 0.15) is 17.7 Å². The Labute approximate surface area is 111 Å². The van der Waals surface area contributed by atoms with Gasteiger partial charge in [0.25, 0.3) is 0 Å². The molecule has 1 saturated carbocycles. The smallest absolute Gasteiger partial charge is 0.123 e. The van der Waals surface area contributed by atoms with E-state index >= 15 is 0 Å². The van der Waals surface area contributed by atoms with Gasteiger partial charge in [0.1, 0.15) is 5.82 Å². The normalized spacial score (nSPS) is 16.8. The molecule has 3 rings (SSSR count). The van der Waals surface area contributed by atoms with Crippen LogP contribution in [0, 0.1) is 5.82 Å². The van der Waals surface area contributed by atoms with Crippen molar-refractivity contribution >= 4 is 11.3 Å². The number of hydrogen-bond donors (Lipinski definition) is 1. The molecule has 1 aliphatic rings. The fraction of sp³-hybridized carbons (Fsp3) is 0.333. The molecule has 18 heavy (non-hydrogen) atoms. The Morgan fingerprint density at radius 3 is 2.50 bits per heavy atom. The lowest BCUT2D eigenvalue weighted by Gasteiger charge is -2.11. The molecule has 1 aromatic carbocycles. The van der Waals surface area contributed by atoms with E-state index in [-0.39, 0.29) is 5.82 Å². The van der Waals surface area contributed by atoms with Crippen molar-refractivity contribution in [1.29, 1.82) is 0 Å². The first-order valence-electron chi connectivity index (χ1n) is 6.24. The Morgan fingerprint density at radius 2 is 1.89 bits per heavy atom. The van der Waals surface area contributed by atoms with Gasteiger partial charge >= 0.3 is 0 Å². The number of thiophene rings is 1. The number of likely N-dealkylation sites (N-methyl/N-ethyl adjacent to an activating group) is 1. The second-order valence-electron chi connectivity index (χ2n) is 4.98. The van der Waals surface area contributed by atoms with E-state index in [4.69, 9.17) is 0 Å². The van der Waals surface area contributed by atoms with Crippen molar-refractivity contribution in [1.82, 2.24) is 5.32 Å². The zero-order valence-corrected chi connectivity index (χ0v) is 11.2. The Balaban J connectivity index is 1.88. The van der Waals surface area contributed by atoms with Crippen LogP contribution in [0.3, 0.4) is 0 Å². The molecular formula is C15H16FNS. The van der Waals surface area contributed by atoms with Crippen LogP contribution in [0.2, 0.25) is 0 Å². The molecule has 0 spiro atoms. The fourth-order valence-corrected chi connectivity index (χ4v) is 3.65. The van der Waals surface area contributed by atoms with Gasteiger partial charge in [0, 0.05) is 21.7 Å². The summed E-state index contributed by atoms with van der Waals surface area (Å²) >= 11 is 1.84. The number of nitrogens with one attached hydrogen (secondary N) is 1. The third kappa shape index (κ3) is 2.08. The van der Waals surface area contributed by atoms with Gasteiger partial charge in [-0.1, -0.05) is 12.1 Å². The molecule has 1 nitrogen and oxygen atoms in total. The highest BCUT2D eigenvalue weighted by Crippen LogP contribution is 2.51. The molecule has 0 atom stereocenters. The molecule has 0 radical (unpaired) electrons. The van der Waals surface area contributed by atoms with E-state index in [9.17, 15) is 4.39 Å². The molecule has 0 aliphatic heterocycles. The first-order chi connectivity index (χ1) is 8.73. The molecule has 1 aliphatic carbocycles. The monoisotopic (exact) mass is 261 g/mol. The molecule has 0 amide bonds. The van der Waals surface area contributed by atoms with Crippen LogP contribution in [0.15, 0.2) is 36.4 Å². The van der Waals surface area contributed by atoms with Crippen molar-refractivity contribution in [3.63, 3.8) is 0 Å². The SMILES string of the molecule is CNCC1(c2ccc(-c3ccc(F)cc3)s2)CC1. The van der Waals surface area contributed by atoms with Crippen molar-refractivity contribution in [2.45, 2.75) is 18.3 Å². The maximum Gasteiger partial charge on any atom is 0.123 e. The fourth-order valence-electron chi connectivity index (χ4n) is 2.39. The minimum absolute atomic E-state index is 0.177. The van der Waals surface area contributed by atoms with Gasteiger partial charge in [-0.25, -0.2) is 4.39 Å². The zero-order valence-electron chi connectivity index (χ0n) is 10.4. The highest BCUT2D eigenvalue weighted by molar-refractivity contribution is 7.15. The number of benzene rings is 1. The zero-order chi connectivity index (χ0) is 12.6. The van der Waals surface area contributed by atoms with E-state index in [2.05, 4.69) is 17.4 Å². The lowest BCUT2D eigenvalue weighted by molar-refractivity contribution is 0.628. The highest BCUT2D eigenvalue weighted by Gasteiger charge is 2.44. The number of halogens is 1. The quantitative estimate of drug-likeness (QED) is 0.882. The van der Waals surface area contributed by atoms with Crippen molar-refractivity contribution in [3.05, 3.63) is 47.1 Å². The molecule has 1 heterocycles. The Morgan fingerprint density at radius 1 is 1.17 bits per heavy atom. The predicted octanol–water partition coefficient (Wildman–Crippen LogP) is 3.81. The van der Waals surface area contributed by atoms with Gasteiger partial charge in [-0.15, -0.1) is 11.3 Å². The average Bonchev–Trinajstić information content (AvgIpc) is 2.99. The van der Waals surface area contributed by atoms with Crippen LogP contribution in [-0.2, 0) is 5.41 Å². The molecule has 2 aromatic rings. The molecular weight excluding hydrogens is 245 g/mol. The second kappa shape index (κ2) is 4.48. The Kier molecular flexibility index (Phi) is 2.96. The van der Waals surface area contributed by atoms with Gasteiger partial charge in [0.05, 0.1) is 0 Å². The molecule has 1 fully saturated rings. The van der Waals surface area contributed by atoms with Crippen molar-refractivity contribution in [2.24, 2.45) is 0 Å². The summed E-state index contributed by atoms with van der Waals surface area (Å²) in [6.45, 7) is 1.05. The summed E-state index contributed by atoms with van der Waals surface area (Å²) in [4.78, 5) is 2.68. The van der Waals surface area contributed by atoms with Crippen LogP contribution in [0.25, 0.3) is 10.4 Å². The van der Waals surface area contributed by atoms with Crippen molar-refractivity contribution in [3.8, 4) is 10.4 Å². The molecule has 0 unspecified atom stereocenters. The lowest BCUT2D eigenvalue weighted by Crippen LogP contribution is -2.22. The van der Waals surface area contributed by atoms with E-state index in [1.54, 1.807) is 0 Å². The first kappa shape index (κ1) is 11.9. The summed E-state index contributed by atoms with van der Waals surface area (Å²) in [7, 11) is 2.01. The van der Waals surface area contributed by atoms with Gasteiger partial charge in [0.2, 0.25) is 0 Å². The average molecular weight is 261 g/mol. The van der Waals surface area contributed by atoms with Gasteiger partial charge < -0.3 is 5.32 Å². The van der Waals surface area contributed by atoms with E-state index < -0.39 is 0 Å². The van der Waals surface area contributed by atoms with Gasteiger partial charge in [-0.2, -0.15) is 0 Å². The first-order valence-corrected chi connectivity index (χ1v) is 7.06. The summed E-state index contributed by atoms with van der Waals surface area (Å²) in [6, 6.07) is 11.1. The highest BCUT2D eigenvalue weighted by atomic mass is 32.1. The minimum Gasteiger partial charge on any atom is -0.319 e. The van der Waals surface area contributed by atoms with Crippen LogP contribution in [-0.4, -0.2) is 13.6 Å². The number of rotatable bonds is 4. The van der Waals surface area contributed by atoms with Crippen molar-refractivity contribution in [2.75, 3.05) is 13.6 Å². The standard InChI is InChI=1S/C15H16FNS/c1-17-10-15(8-9-15)14-7-6-13(18-14)11-2-4-12(16)5-3-11/h2-7,17H,8-10H2,1H3. The van der Waals surface area contributed by atoms with Crippen LogP contribution in [0.4, 0.5) is 4.39 Å². The van der Waals surface area contributed by atoms with Crippen LogP contribution < -0.4 is 5.32 Å². The molecule has 0 saturated heterocycles. The summed E-state index contributed by atoms with van der Waals surface area (Å²) in [5.74, 6) is -0.177. The summed E-state index contributed by atoms with van der Waals surface area (Å²) in [5, 5.41) is 3.28. The summed E-state index contributed by atoms with van der Waals surface area (Å²) in [5.41, 5.74) is 1.48. The third-order valence-corrected chi connectivity index (χ3v) is 5.01. The van der Waals surface area contributed by atoms with Gasteiger partial charge in [-0.3, -0.25) is 0 Å².